The number of thioether (sulfide) groups is 1. The summed E-state index contributed by atoms with van der Waals surface area (Å²) in [6, 6.07) is 23.0. The molecular formula is C28H24N4O3S. The van der Waals surface area contributed by atoms with Crippen molar-refractivity contribution in [3.63, 3.8) is 0 Å². The van der Waals surface area contributed by atoms with E-state index in [9.17, 15) is 4.79 Å². The van der Waals surface area contributed by atoms with E-state index < -0.39 is 5.91 Å². The Hall–Kier alpha value is -4.17. The number of carbonyl (C=O) groups is 1. The second kappa shape index (κ2) is 10.2. The van der Waals surface area contributed by atoms with E-state index in [1.165, 1.54) is 16.8 Å². The average molecular weight is 497 g/mol. The molecule has 1 N–H and O–H groups in total. The van der Waals surface area contributed by atoms with Crippen LogP contribution in [0.25, 0.3) is 6.08 Å². The lowest BCUT2D eigenvalue weighted by Gasteiger charge is -2.20. The van der Waals surface area contributed by atoms with Gasteiger partial charge in [0.2, 0.25) is 5.17 Å². The summed E-state index contributed by atoms with van der Waals surface area (Å²) in [5.41, 5.74) is 4.07. The van der Waals surface area contributed by atoms with Crippen molar-refractivity contribution in [2.45, 2.75) is 13.8 Å². The summed E-state index contributed by atoms with van der Waals surface area (Å²) in [6.07, 6.45) is 1.65. The number of fused-ring (bicyclic) bond motifs is 1. The first-order chi connectivity index (χ1) is 17.5. The number of amides is 1. The molecule has 0 saturated carbocycles. The Morgan fingerprint density at radius 1 is 0.917 bits per heavy atom. The van der Waals surface area contributed by atoms with Gasteiger partial charge in [-0.25, -0.2) is 0 Å². The molecule has 8 heteroatoms. The van der Waals surface area contributed by atoms with Gasteiger partial charge in [0, 0.05) is 5.56 Å². The number of rotatable bonds is 7. The molecule has 36 heavy (non-hydrogen) atoms. The lowest BCUT2D eigenvalue weighted by atomic mass is 10.1. The molecule has 0 radical (unpaired) electrons. The highest BCUT2D eigenvalue weighted by molar-refractivity contribution is 8.27. The van der Waals surface area contributed by atoms with Crippen LogP contribution in [0.4, 0.5) is 0 Å². The predicted molar refractivity (Wildman–Crippen MR) is 144 cm³/mol. The number of nitrogens with one attached hydrogen (secondary N) is 1. The summed E-state index contributed by atoms with van der Waals surface area (Å²) in [5.74, 6) is 1.14. The minimum atomic E-state index is -0.452. The first-order valence-corrected chi connectivity index (χ1v) is 12.3. The summed E-state index contributed by atoms with van der Waals surface area (Å²) < 4.78 is 11.7. The molecule has 0 aliphatic carbocycles. The number of benzene rings is 3. The van der Waals surface area contributed by atoms with Crippen LogP contribution in [0.15, 0.2) is 88.5 Å². The zero-order valence-electron chi connectivity index (χ0n) is 19.9. The fourth-order valence-electron chi connectivity index (χ4n) is 3.85. The van der Waals surface area contributed by atoms with E-state index in [1.807, 2.05) is 86.6 Å². The highest BCUT2D eigenvalue weighted by Crippen LogP contribution is 2.31. The number of ether oxygens (including phenoxy) is 2. The van der Waals surface area contributed by atoms with Gasteiger partial charge in [0.25, 0.3) is 5.91 Å². The van der Waals surface area contributed by atoms with E-state index in [0.717, 1.165) is 28.0 Å². The number of carbonyl (C=O) groups excluding carboxylic acids is 1. The number of hydrogen-bond acceptors (Lipinski definition) is 6. The fourth-order valence-corrected chi connectivity index (χ4v) is 4.74. The molecule has 3 aromatic carbocycles. The number of hydrogen-bond donors (Lipinski definition) is 1. The van der Waals surface area contributed by atoms with Crippen LogP contribution in [0.5, 0.6) is 11.5 Å². The highest BCUT2D eigenvalue weighted by atomic mass is 32.2. The van der Waals surface area contributed by atoms with Gasteiger partial charge in [0.15, 0.2) is 5.84 Å². The number of aryl methyl sites for hydroxylation is 2. The standard InChI is InChI=1S/C28H24N4O3S/c1-18-7-6-8-19(2)24(18)35-16-15-34-22-13-11-20(12-14-22)17-23-25(29)32-28(30-26(23)33)36-27(31-32)21-9-4-3-5-10-21/h3-14,17,29H,15-16H2,1-2H3/b23-17-,29-25?. The minimum Gasteiger partial charge on any atom is -0.490 e. The minimum absolute atomic E-state index is 0.00686. The fraction of sp³-hybridized carbons (Fsp3) is 0.143. The Bertz CT molecular complexity index is 1390. The van der Waals surface area contributed by atoms with Crippen LogP contribution in [0.2, 0.25) is 0 Å². The summed E-state index contributed by atoms with van der Waals surface area (Å²) >= 11 is 1.29. The highest BCUT2D eigenvalue weighted by Gasteiger charge is 2.35. The maximum atomic E-state index is 12.7. The van der Waals surface area contributed by atoms with Gasteiger partial charge >= 0.3 is 0 Å². The number of para-hydroxylation sites is 1. The molecule has 0 bridgehead atoms. The second-order valence-electron chi connectivity index (χ2n) is 8.28. The molecule has 0 saturated heterocycles. The van der Waals surface area contributed by atoms with Crippen LogP contribution in [-0.4, -0.2) is 40.2 Å². The van der Waals surface area contributed by atoms with Crippen LogP contribution in [-0.2, 0) is 4.79 Å². The van der Waals surface area contributed by atoms with E-state index in [-0.39, 0.29) is 11.4 Å². The Balaban J connectivity index is 1.22. The van der Waals surface area contributed by atoms with Crippen molar-refractivity contribution in [3.8, 4) is 11.5 Å². The molecule has 2 aliphatic rings. The molecule has 5 rings (SSSR count). The molecule has 2 heterocycles. The molecule has 2 aliphatic heterocycles. The molecule has 7 nitrogen and oxygen atoms in total. The van der Waals surface area contributed by atoms with Gasteiger partial charge in [-0.2, -0.15) is 15.1 Å². The summed E-state index contributed by atoms with van der Waals surface area (Å²) in [4.78, 5) is 16.8. The SMILES string of the molecule is Cc1cccc(C)c1OCCOc1ccc(/C=C2/C(=N)N3N=C(c4ccccc4)SC3=NC2=O)cc1. The van der Waals surface area contributed by atoms with Crippen LogP contribution in [0.3, 0.4) is 0 Å². The Kier molecular flexibility index (Phi) is 6.69. The lowest BCUT2D eigenvalue weighted by Crippen LogP contribution is -2.35. The predicted octanol–water partition coefficient (Wildman–Crippen LogP) is 5.43. The van der Waals surface area contributed by atoms with Crippen molar-refractivity contribution in [2.24, 2.45) is 10.1 Å². The van der Waals surface area contributed by atoms with Gasteiger partial charge in [-0.05, 0) is 60.5 Å². The molecular weight excluding hydrogens is 472 g/mol. The van der Waals surface area contributed by atoms with Gasteiger partial charge in [-0.1, -0.05) is 60.7 Å². The van der Waals surface area contributed by atoms with Crippen LogP contribution < -0.4 is 9.47 Å². The van der Waals surface area contributed by atoms with Crippen molar-refractivity contribution >= 4 is 39.8 Å². The van der Waals surface area contributed by atoms with Gasteiger partial charge in [-0.15, -0.1) is 0 Å². The third kappa shape index (κ3) is 4.94. The van der Waals surface area contributed by atoms with E-state index in [0.29, 0.717) is 29.2 Å². The number of nitrogens with zero attached hydrogens (tertiary/aromatic N) is 3. The Morgan fingerprint density at radius 3 is 2.33 bits per heavy atom. The van der Waals surface area contributed by atoms with E-state index in [4.69, 9.17) is 14.9 Å². The smallest absolute Gasteiger partial charge is 0.283 e. The molecule has 3 aromatic rings. The summed E-state index contributed by atoms with van der Waals surface area (Å²) in [6.45, 7) is 4.89. The van der Waals surface area contributed by atoms with Crippen LogP contribution in [0, 0.1) is 19.3 Å². The van der Waals surface area contributed by atoms with Crippen molar-refractivity contribution in [3.05, 3.63) is 101 Å². The molecule has 0 fully saturated rings. The monoisotopic (exact) mass is 496 g/mol. The van der Waals surface area contributed by atoms with Crippen molar-refractivity contribution < 1.29 is 14.3 Å². The quantitative estimate of drug-likeness (QED) is 0.348. The van der Waals surface area contributed by atoms with Crippen molar-refractivity contribution in [1.82, 2.24) is 5.01 Å². The maximum Gasteiger partial charge on any atom is 0.283 e. The molecule has 0 atom stereocenters. The summed E-state index contributed by atoms with van der Waals surface area (Å²) in [7, 11) is 0. The molecule has 1 amide bonds. The van der Waals surface area contributed by atoms with Gasteiger partial charge < -0.3 is 9.47 Å². The third-order valence-corrected chi connectivity index (χ3v) is 6.63. The van der Waals surface area contributed by atoms with E-state index in [1.54, 1.807) is 6.08 Å². The topological polar surface area (TPSA) is 87.3 Å². The third-order valence-electron chi connectivity index (χ3n) is 5.67. The normalized spacial score (nSPS) is 16.1. The van der Waals surface area contributed by atoms with E-state index >= 15 is 0 Å². The van der Waals surface area contributed by atoms with Gasteiger partial charge in [-0.3, -0.25) is 10.2 Å². The van der Waals surface area contributed by atoms with Gasteiger partial charge in [0.1, 0.15) is 29.8 Å². The first kappa shape index (κ1) is 23.6. The van der Waals surface area contributed by atoms with Crippen LogP contribution in [0.1, 0.15) is 22.3 Å². The van der Waals surface area contributed by atoms with Crippen molar-refractivity contribution in [2.75, 3.05) is 13.2 Å². The van der Waals surface area contributed by atoms with Crippen molar-refractivity contribution in [1.29, 1.82) is 5.41 Å². The van der Waals surface area contributed by atoms with E-state index in [2.05, 4.69) is 10.1 Å². The number of hydrazone groups is 1. The zero-order chi connectivity index (χ0) is 25.1. The number of amidine groups is 2. The van der Waals surface area contributed by atoms with Gasteiger partial charge in [0.05, 0.1) is 5.57 Å². The molecule has 0 spiro atoms. The first-order valence-electron chi connectivity index (χ1n) is 11.5. The summed E-state index contributed by atoms with van der Waals surface area (Å²) in [5, 5.41) is 15.6. The number of aliphatic imine (C=N–C) groups is 1. The Labute approximate surface area is 213 Å². The maximum absolute atomic E-state index is 12.7. The zero-order valence-corrected chi connectivity index (χ0v) is 20.7. The Morgan fingerprint density at radius 2 is 1.61 bits per heavy atom. The molecule has 180 valence electrons. The van der Waals surface area contributed by atoms with Crippen LogP contribution >= 0.6 is 11.8 Å². The largest absolute Gasteiger partial charge is 0.490 e. The average Bonchev–Trinajstić information content (AvgIpc) is 3.31. The second-order valence-corrected chi connectivity index (χ2v) is 9.23. The lowest BCUT2D eigenvalue weighted by molar-refractivity contribution is -0.114. The molecule has 0 unspecified atom stereocenters. The molecule has 0 aromatic heterocycles.